The highest BCUT2D eigenvalue weighted by atomic mass is 15.0. The summed E-state index contributed by atoms with van der Waals surface area (Å²) in [5, 5.41) is 22.7. The monoisotopic (exact) mass is 1830 g/mol. The number of hydrogen-bond donors (Lipinski definition) is 0. The van der Waals surface area contributed by atoms with E-state index in [0.29, 0.717) is 0 Å². The summed E-state index contributed by atoms with van der Waals surface area (Å²) in [7, 11) is 0. The van der Waals surface area contributed by atoms with Crippen molar-refractivity contribution in [2.75, 3.05) is 0 Å². The zero-order valence-corrected chi connectivity index (χ0v) is 78.6. The third kappa shape index (κ3) is 14.0. The van der Waals surface area contributed by atoms with Crippen LogP contribution in [0.15, 0.2) is 546 Å². The Morgan fingerprint density at radius 3 is 0.653 bits per heavy atom. The van der Waals surface area contributed by atoms with E-state index >= 15 is 0 Å². The van der Waals surface area contributed by atoms with E-state index in [-0.39, 0.29) is 0 Å². The van der Waals surface area contributed by atoms with E-state index in [0.717, 1.165) is 11.4 Å². The SMILES string of the molecule is c1ccc(-c2ccc(-n3c4ccc(-c5ccccc5)cc4c4cc(-c5ccc6c(c5)c5ccccc5n6-c5ccccc5)ccc43)cc2)cc1.c1ccc(-c2ccc(-n3c4ccccc4c4cc(-c5ccc6c(c5)c5ccccc5n6-c5cccc6ccccc56)ccc43)cc2)cc1.c1ccc(-n2c3ccccc3c3cc(-c4ccc5c(c4)c4ccccc4n5-c4ccc5c(ccc6ccccc65)c4)ccc32)cc1. The molecule has 672 valence electrons. The van der Waals surface area contributed by atoms with Crippen molar-refractivity contribution in [2.45, 2.75) is 0 Å². The first-order chi connectivity index (χ1) is 71.4. The van der Waals surface area contributed by atoms with Gasteiger partial charge in [-0.15, -0.1) is 0 Å². The van der Waals surface area contributed by atoms with Gasteiger partial charge in [0.05, 0.1) is 71.9 Å². The standard InChI is InChI=1S/C48H32N2.C46H30N2.C44H28N2/c1-4-12-33(13-5-1)35-20-25-40(26-21-35)50-47-27-22-36(34-14-6-2-7-15-34)30-43(47)44-32-38(24-29-48(44)50)37-23-28-46-42(31-37)41-18-10-11-19-45(41)49(46)39-16-8-3-9-17-39;1-2-11-31(12-3-1)32-21-25-36(26-22-32)47-43-18-8-6-16-38(43)40-29-34(23-27-45(40)47)35-24-28-46-41(30-35)39-17-7-9-19-44(39)48(46)42-20-10-14-33-13-4-5-15-37(33)42;1-2-11-33(12-3-1)45-41-16-8-6-14-37(41)39-27-30(20-24-43(39)45)31-21-25-44-40(28-31)38-15-7-9-17-42(38)46(44)34-22-23-36-32(26-34)19-18-29-10-4-5-13-35(29)36/h1-32H;1-30H;1-28H. The summed E-state index contributed by atoms with van der Waals surface area (Å²) < 4.78 is 14.4. The van der Waals surface area contributed by atoms with Crippen LogP contribution in [0, 0.1) is 0 Å². The maximum absolute atomic E-state index is 2.43. The molecule has 0 fully saturated rings. The summed E-state index contributed by atoms with van der Waals surface area (Å²) in [4.78, 5) is 0. The zero-order chi connectivity index (χ0) is 94.8. The average Bonchev–Trinajstić information content (AvgIpc) is 1.58. The summed E-state index contributed by atoms with van der Waals surface area (Å²) >= 11 is 0. The first kappa shape index (κ1) is 83.1. The molecular weight excluding hydrogens is 1740 g/mol. The molecule has 6 heteroatoms. The molecule has 30 aromatic rings. The molecule has 0 N–H and O–H groups in total. The number of hydrogen-bond acceptors (Lipinski definition) is 0. The van der Waals surface area contributed by atoms with Gasteiger partial charge in [-0.05, 0) is 276 Å². The number of benzene rings is 24. The van der Waals surface area contributed by atoms with E-state index in [2.05, 4.69) is 573 Å². The number of fused-ring (bicyclic) bond motifs is 22. The van der Waals surface area contributed by atoms with Crippen molar-refractivity contribution in [3.8, 4) is 101 Å². The number of nitrogens with zero attached hydrogens (tertiary/aromatic N) is 6. The lowest BCUT2D eigenvalue weighted by atomic mass is 9.99. The second kappa shape index (κ2) is 34.5. The largest absolute Gasteiger partial charge is 0.309 e. The summed E-state index contributed by atoms with van der Waals surface area (Å²) in [5.41, 5.74) is 36.2. The molecule has 0 aliphatic carbocycles. The maximum Gasteiger partial charge on any atom is 0.0541 e. The minimum atomic E-state index is 1.15. The van der Waals surface area contributed by atoms with Crippen LogP contribution in [0.25, 0.3) is 264 Å². The molecule has 30 rings (SSSR count). The molecule has 0 atom stereocenters. The molecule has 0 spiro atoms. The molecule has 24 aromatic carbocycles. The second-order valence-electron chi connectivity index (χ2n) is 37.8. The molecule has 0 radical (unpaired) electrons. The lowest BCUT2D eigenvalue weighted by Gasteiger charge is -2.12. The van der Waals surface area contributed by atoms with Gasteiger partial charge >= 0.3 is 0 Å². The normalized spacial score (nSPS) is 11.8. The van der Waals surface area contributed by atoms with Crippen molar-refractivity contribution in [2.24, 2.45) is 0 Å². The fraction of sp³-hybridized carbons (Fsp3) is 0. The molecule has 0 saturated heterocycles. The summed E-state index contributed by atoms with van der Waals surface area (Å²) in [6.45, 7) is 0. The minimum absolute atomic E-state index is 1.15. The van der Waals surface area contributed by atoms with Crippen LogP contribution in [0.4, 0.5) is 0 Å². The topological polar surface area (TPSA) is 29.6 Å². The minimum Gasteiger partial charge on any atom is -0.309 e. The van der Waals surface area contributed by atoms with E-state index in [4.69, 9.17) is 0 Å². The van der Waals surface area contributed by atoms with Crippen molar-refractivity contribution in [1.82, 2.24) is 27.4 Å². The number of para-hydroxylation sites is 7. The maximum atomic E-state index is 2.43. The smallest absolute Gasteiger partial charge is 0.0541 e. The predicted octanol–water partition coefficient (Wildman–Crippen LogP) is 37.1. The first-order valence-corrected chi connectivity index (χ1v) is 49.6. The Hall–Kier alpha value is -19.1. The van der Waals surface area contributed by atoms with Gasteiger partial charge in [-0.2, -0.15) is 0 Å². The molecule has 6 heterocycles. The van der Waals surface area contributed by atoms with Crippen molar-refractivity contribution < 1.29 is 0 Å². The van der Waals surface area contributed by atoms with Crippen LogP contribution in [0.5, 0.6) is 0 Å². The summed E-state index contributed by atoms with van der Waals surface area (Å²) in [5.74, 6) is 0. The number of aromatic nitrogens is 6. The van der Waals surface area contributed by atoms with E-state index in [1.807, 2.05) is 0 Å². The van der Waals surface area contributed by atoms with Gasteiger partial charge in [0.1, 0.15) is 0 Å². The van der Waals surface area contributed by atoms with Gasteiger partial charge in [0.15, 0.2) is 0 Å². The predicted molar refractivity (Wildman–Crippen MR) is 610 cm³/mol. The molecule has 0 saturated carbocycles. The highest BCUT2D eigenvalue weighted by molar-refractivity contribution is 6.19. The van der Waals surface area contributed by atoms with Gasteiger partial charge in [0.25, 0.3) is 0 Å². The van der Waals surface area contributed by atoms with Crippen LogP contribution >= 0.6 is 0 Å². The van der Waals surface area contributed by atoms with Crippen molar-refractivity contribution in [3.63, 3.8) is 0 Å². The second-order valence-corrected chi connectivity index (χ2v) is 37.8. The van der Waals surface area contributed by atoms with E-state index in [1.165, 1.54) is 253 Å². The van der Waals surface area contributed by atoms with E-state index in [9.17, 15) is 0 Å². The van der Waals surface area contributed by atoms with Gasteiger partial charge < -0.3 is 27.4 Å². The fourth-order valence-electron chi connectivity index (χ4n) is 23.0. The van der Waals surface area contributed by atoms with E-state index < -0.39 is 0 Å². The molecule has 0 unspecified atom stereocenters. The van der Waals surface area contributed by atoms with Crippen LogP contribution < -0.4 is 0 Å². The summed E-state index contributed by atoms with van der Waals surface area (Å²) in [6, 6.07) is 199. The van der Waals surface area contributed by atoms with Crippen LogP contribution in [-0.2, 0) is 0 Å². The highest BCUT2D eigenvalue weighted by Crippen LogP contribution is 2.46. The molecule has 6 aromatic heterocycles. The highest BCUT2D eigenvalue weighted by Gasteiger charge is 2.24. The fourth-order valence-corrected chi connectivity index (χ4v) is 23.0. The Morgan fingerprint density at radius 1 is 0.0903 bits per heavy atom. The van der Waals surface area contributed by atoms with Gasteiger partial charge in [-0.25, -0.2) is 0 Å². The van der Waals surface area contributed by atoms with Crippen LogP contribution in [0.2, 0.25) is 0 Å². The van der Waals surface area contributed by atoms with E-state index in [1.54, 1.807) is 0 Å². The lowest BCUT2D eigenvalue weighted by Crippen LogP contribution is -1.95. The summed E-state index contributed by atoms with van der Waals surface area (Å²) in [6.07, 6.45) is 0. The Labute approximate surface area is 831 Å². The quantitative estimate of drug-likeness (QED) is 0.109. The molecule has 144 heavy (non-hydrogen) atoms. The molecule has 0 amide bonds. The molecule has 6 nitrogen and oxygen atoms in total. The molecule has 0 bridgehead atoms. The first-order valence-electron chi connectivity index (χ1n) is 49.6. The molecular formula is C138H90N6. The van der Waals surface area contributed by atoms with Crippen molar-refractivity contribution in [1.29, 1.82) is 0 Å². The van der Waals surface area contributed by atoms with Gasteiger partial charge in [-0.3, -0.25) is 0 Å². The Kier molecular flexibility index (Phi) is 19.9. The molecule has 0 aliphatic rings. The van der Waals surface area contributed by atoms with Crippen LogP contribution in [0.3, 0.4) is 0 Å². The van der Waals surface area contributed by atoms with Crippen molar-refractivity contribution >= 4 is 163 Å². The Bertz CT molecular complexity index is 10300. The van der Waals surface area contributed by atoms with Gasteiger partial charge in [-0.1, -0.05) is 364 Å². The molecule has 0 aliphatic heterocycles. The lowest BCUT2D eigenvalue weighted by molar-refractivity contribution is 1.18. The number of rotatable bonds is 12. The zero-order valence-electron chi connectivity index (χ0n) is 78.6. The Balaban J connectivity index is 0.000000105. The Morgan fingerprint density at radius 2 is 0.299 bits per heavy atom. The average molecular weight is 1830 g/mol. The van der Waals surface area contributed by atoms with Gasteiger partial charge in [0, 0.05) is 98.5 Å². The van der Waals surface area contributed by atoms with Crippen LogP contribution in [0.1, 0.15) is 0 Å². The van der Waals surface area contributed by atoms with Crippen LogP contribution in [-0.4, -0.2) is 27.4 Å². The van der Waals surface area contributed by atoms with Crippen molar-refractivity contribution in [3.05, 3.63) is 546 Å². The third-order valence-electron chi connectivity index (χ3n) is 29.7. The van der Waals surface area contributed by atoms with Gasteiger partial charge in [0.2, 0.25) is 0 Å². The third-order valence-corrected chi connectivity index (χ3v) is 29.7.